The highest BCUT2D eigenvalue weighted by Crippen LogP contribution is 2.28. The summed E-state index contributed by atoms with van der Waals surface area (Å²) < 4.78 is 26.5. The van der Waals surface area contributed by atoms with Crippen LogP contribution in [0.1, 0.15) is 5.56 Å². The maximum Gasteiger partial charge on any atom is 0.173 e. The molecule has 0 amide bonds. The number of rotatable bonds is 1. The molecular weight excluding hydrogens is 308 g/mol. The predicted octanol–water partition coefficient (Wildman–Crippen LogP) is 3.56. The fourth-order valence-corrected chi connectivity index (χ4v) is 2.10. The molecule has 0 spiro atoms. The quantitative estimate of drug-likeness (QED) is 0.575. The zero-order valence-electron chi connectivity index (χ0n) is 6.24. The lowest BCUT2D eigenvalue weighted by atomic mass is 10.1. The predicted molar refractivity (Wildman–Crippen MR) is 51.1 cm³/mol. The van der Waals surface area contributed by atoms with E-state index in [9.17, 15) is 8.78 Å². The van der Waals surface area contributed by atoms with Gasteiger partial charge in [0.2, 0.25) is 0 Å². The number of hydrogen-bond donors (Lipinski definition) is 0. The molecule has 1 aromatic rings. The van der Waals surface area contributed by atoms with Gasteiger partial charge in [0.1, 0.15) is 0 Å². The molecule has 13 heavy (non-hydrogen) atoms. The van der Waals surface area contributed by atoms with Gasteiger partial charge in [-0.15, -0.1) is 0 Å². The molecule has 0 aliphatic carbocycles. The molecule has 0 aromatic heterocycles. The van der Waals surface area contributed by atoms with Gasteiger partial charge in [-0.05, 0) is 22.0 Å². The average molecular weight is 311 g/mol. The van der Waals surface area contributed by atoms with Gasteiger partial charge in [0.25, 0.3) is 0 Å². The van der Waals surface area contributed by atoms with Crippen LogP contribution in [0.15, 0.2) is 15.0 Å². The summed E-state index contributed by atoms with van der Waals surface area (Å²) in [5, 5.41) is 8.36. The molecular formula is C8H3Br2F2N. The summed E-state index contributed by atoms with van der Waals surface area (Å²) in [6.45, 7) is 0. The van der Waals surface area contributed by atoms with Gasteiger partial charge in [-0.3, -0.25) is 0 Å². The molecule has 1 rings (SSSR count). The monoisotopic (exact) mass is 309 g/mol. The van der Waals surface area contributed by atoms with E-state index in [-0.39, 0.29) is 16.5 Å². The Morgan fingerprint density at radius 2 is 1.85 bits per heavy atom. The lowest BCUT2D eigenvalue weighted by Gasteiger charge is -2.04. The maximum absolute atomic E-state index is 13.1. The fraction of sp³-hybridized carbons (Fsp3) is 0.125. The zero-order valence-corrected chi connectivity index (χ0v) is 9.42. The van der Waals surface area contributed by atoms with E-state index in [1.54, 1.807) is 6.07 Å². The fourth-order valence-electron chi connectivity index (χ4n) is 0.845. The van der Waals surface area contributed by atoms with Crippen LogP contribution in [0.5, 0.6) is 0 Å². The normalized spacial score (nSPS) is 9.77. The Bertz CT molecular complexity index is 385. The van der Waals surface area contributed by atoms with Crippen molar-refractivity contribution in [1.29, 1.82) is 5.26 Å². The van der Waals surface area contributed by atoms with Gasteiger partial charge in [0, 0.05) is 10.0 Å². The van der Waals surface area contributed by atoms with Crippen molar-refractivity contribution in [3.05, 3.63) is 32.2 Å². The van der Waals surface area contributed by atoms with Crippen LogP contribution in [0.3, 0.4) is 0 Å². The highest BCUT2D eigenvalue weighted by atomic mass is 79.9. The van der Waals surface area contributed by atoms with E-state index in [4.69, 9.17) is 5.26 Å². The van der Waals surface area contributed by atoms with Crippen molar-refractivity contribution in [2.45, 2.75) is 6.42 Å². The molecule has 0 atom stereocenters. The van der Waals surface area contributed by atoms with Crippen LogP contribution in [0.2, 0.25) is 0 Å². The molecule has 0 unspecified atom stereocenters. The largest absolute Gasteiger partial charge is 0.203 e. The van der Waals surface area contributed by atoms with E-state index in [0.29, 0.717) is 4.47 Å². The van der Waals surface area contributed by atoms with Crippen molar-refractivity contribution in [2.24, 2.45) is 0 Å². The Labute approximate surface area is 90.6 Å². The smallest absolute Gasteiger partial charge is 0.173 e. The number of halogens is 4. The number of hydrogen-bond acceptors (Lipinski definition) is 1. The minimum Gasteiger partial charge on any atom is -0.203 e. The third-order valence-corrected chi connectivity index (χ3v) is 2.75. The van der Waals surface area contributed by atoms with Gasteiger partial charge in [-0.1, -0.05) is 15.9 Å². The van der Waals surface area contributed by atoms with Crippen LogP contribution in [0, 0.1) is 23.0 Å². The minimum absolute atomic E-state index is 0.0403. The second kappa shape index (κ2) is 4.16. The highest BCUT2D eigenvalue weighted by molar-refractivity contribution is 9.11. The van der Waals surface area contributed by atoms with Crippen molar-refractivity contribution < 1.29 is 8.78 Å². The van der Waals surface area contributed by atoms with Gasteiger partial charge in [0.05, 0.1) is 17.0 Å². The van der Waals surface area contributed by atoms with E-state index in [0.717, 1.165) is 0 Å². The van der Waals surface area contributed by atoms with E-state index in [1.807, 2.05) is 0 Å². The van der Waals surface area contributed by atoms with Crippen molar-refractivity contribution in [1.82, 2.24) is 0 Å². The van der Waals surface area contributed by atoms with E-state index in [1.165, 1.54) is 6.07 Å². The molecule has 5 heteroatoms. The zero-order chi connectivity index (χ0) is 10.0. The molecule has 0 saturated carbocycles. The molecule has 1 aromatic carbocycles. The topological polar surface area (TPSA) is 23.8 Å². The maximum atomic E-state index is 13.1. The van der Waals surface area contributed by atoms with Crippen LogP contribution in [-0.4, -0.2) is 0 Å². The summed E-state index contributed by atoms with van der Waals surface area (Å²) in [4.78, 5) is 0. The van der Waals surface area contributed by atoms with Gasteiger partial charge in [-0.2, -0.15) is 5.26 Å². The summed E-state index contributed by atoms with van der Waals surface area (Å²) >= 11 is 5.90. The summed E-state index contributed by atoms with van der Waals surface area (Å²) in [5.41, 5.74) is 0.0446. The molecule has 0 heterocycles. The standard InChI is InChI=1S/C8H3Br2F2N/c9-5-3-6(10)8(12)7(11)4(5)1-2-13/h3H,1H2. The molecule has 0 bridgehead atoms. The SMILES string of the molecule is N#CCc1c(Br)cc(Br)c(F)c1F. The van der Waals surface area contributed by atoms with Crippen molar-refractivity contribution in [3.8, 4) is 6.07 Å². The Morgan fingerprint density at radius 1 is 1.23 bits per heavy atom. The molecule has 1 nitrogen and oxygen atoms in total. The summed E-state index contributed by atoms with van der Waals surface area (Å²) in [7, 11) is 0. The summed E-state index contributed by atoms with van der Waals surface area (Å²) in [6.07, 6.45) is -0.156. The van der Waals surface area contributed by atoms with Crippen LogP contribution in [0.4, 0.5) is 8.78 Å². The summed E-state index contributed by atoms with van der Waals surface area (Å²) in [5.74, 6) is -1.95. The second-order valence-electron chi connectivity index (χ2n) is 2.28. The molecule has 0 aliphatic rings. The van der Waals surface area contributed by atoms with Gasteiger partial charge < -0.3 is 0 Å². The lowest BCUT2D eigenvalue weighted by molar-refractivity contribution is 0.496. The highest BCUT2D eigenvalue weighted by Gasteiger charge is 2.15. The van der Waals surface area contributed by atoms with Crippen molar-refractivity contribution >= 4 is 31.9 Å². The van der Waals surface area contributed by atoms with E-state index < -0.39 is 11.6 Å². The third kappa shape index (κ3) is 2.06. The molecule has 0 radical (unpaired) electrons. The molecule has 0 aliphatic heterocycles. The van der Waals surface area contributed by atoms with Crippen molar-refractivity contribution in [2.75, 3.05) is 0 Å². The molecule has 68 valence electrons. The third-order valence-electron chi connectivity index (χ3n) is 1.46. The Hall–Kier alpha value is -0.470. The van der Waals surface area contributed by atoms with Crippen LogP contribution >= 0.6 is 31.9 Å². The Kier molecular flexibility index (Phi) is 3.40. The van der Waals surface area contributed by atoms with Crippen LogP contribution in [0.25, 0.3) is 0 Å². The Balaban J connectivity index is 3.36. The first kappa shape index (κ1) is 10.6. The second-order valence-corrected chi connectivity index (χ2v) is 3.99. The first-order chi connectivity index (χ1) is 6.07. The lowest BCUT2D eigenvalue weighted by Crippen LogP contribution is -1.96. The molecule has 0 fully saturated rings. The van der Waals surface area contributed by atoms with Crippen LogP contribution in [-0.2, 0) is 6.42 Å². The number of benzene rings is 1. The number of nitrogens with zero attached hydrogens (tertiary/aromatic N) is 1. The Morgan fingerprint density at radius 3 is 2.38 bits per heavy atom. The van der Waals surface area contributed by atoms with Gasteiger partial charge in [-0.25, -0.2) is 8.78 Å². The van der Waals surface area contributed by atoms with Gasteiger partial charge in [0.15, 0.2) is 11.6 Å². The van der Waals surface area contributed by atoms with E-state index >= 15 is 0 Å². The first-order valence-corrected chi connectivity index (χ1v) is 4.85. The van der Waals surface area contributed by atoms with Crippen molar-refractivity contribution in [3.63, 3.8) is 0 Å². The first-order valence-electron chi connectivity index (χ1n) is 3.26. The molecule has 0 N–H and O–H groups in total. The average Bonchev–Trinajstić information content (AvgIpc) is 2.09. The van der Waals surface area contributed by atoms with E-state index in [2.05, 4.69) is 31.9 Å². The molecule has 0 saturated heterocycles. The van der Waals surface area contributed by atoms with Gasteiger partial charge >= 0.3 is 0 Å². The minimum atomic E-state index is -0.984. The van der Waals surface area contributed by atoms with Crippen LogP contribution < -0.4 is 0 Å². The summed E-state index contributed by atoms with van der Waals surface area (Å²) in [6, 6.07) is 3.14. The number of nitriles is 1.